The molecule has 1 aliphatic heterocycles. The lowest BCUT2D eigenvalue weighted by Crippen LogP contribution is -2.49. The van der Waals surface area contributed by atoms with Gasteiger partial charge in [0.25, 0.3) is 0 Å². The molecule has 112 valence electrons. The summed E-state index contributed by atoms with van der Waals surface area (Å²) >= 11 is 0. The number of rotatable bonds is 4. The number of piperazine rings is 1. The van der Waals surface area contributed by atoms with Crippen molar-refractivity contribution in [2.75, 3.05) is 32.8 Å². The second-order valence-corrected chi connectivity index (χ2v) is 6.70. The fourth-order valence-corrected chi connectivity index (χ4v) is 3.27. The summed E-state index contributed by atoms with van der Waals surface area (Å²) in [6, 6.07) is 6.95. The molecule has 0 spiro atoms. The zero-order valence-corrected chi connectivity index (χ0v) is 13.2. The van der Waals surface area contributed by atoms with E-state index < -0.39 is 0 Å². The van der Waals surface area contributed by atoms with Crippen LogP contribution in [0.3, 0.4) is 0 Å². The smallest absolute Gasteiger partial charge is 0.0500 e. The van der Waals surface area contributed by atoms with Gasteiger partial charge in [-0.1, -0.05) is 37.6 Å². The summed E-state index contributed by atoms with van der Waals surface area (Å²) in [4.78, 5) is 2.52. The van der Waals surface area contributed by atoms with E-state index in [1.807, 2.05) is 0 Å². The molecule has 0 radical (unpaired) electrons. The summed E-state index contributed by atoms with van der Waals surface area (Å²) in [6.45, 7) is 13.0. The summed E-state index contributed by atoms with van der Waals surface area (Å²) in [5.41, 5.74) is 3.84. The quantitative estimate of drug-likeness (QED) is 0.885. The number of aliphatic hydroxyl groups is 1. The summed E-state index contributed by atoms with van der Waals surface area (Å²) in [7, 11) is 0. The molecule has 1 atom stereocenters. The monoisotopic (exact) mass is 276 g/mol. The maximum Gasteiger partial charge on any atom is 0.0500 e. The van der Waals surface area contributed by atoms with Crippen molar-refractivity contribution in [3.63, 3.8) is 0 Å². The first-order valence-electron chi connectivity index (χ1n) is 7.58. The maximum absolute atomic E-state index is 9.86. The van der Waals surface area contributed by atoms with Gasteiger partial charge in [-0.3, -0.25) is 4.90 Å². The van der Waals surface area contributed by atoms with E-state index in [0.717, 1.165) is 26.2 Å². The third kappa shape index (κ3) is 3.22. The number of hydrogen-bond acceptors (Lipinski definition) is 3. The van der Waals surface area contributed by atoms with Crippen molar-refractivity contribution >= 4 is 0 Å². The maximum atomic E-state index is 9.86. The highest BCUT2D eigenvalue weighted by Gasteiger charge is 2.36. The summed E-state index contributed by atoms with van der Waals surface area (Å²) in [5.74, 6) is 0. The third-order valence-electron chi connectivity index (χ3n) is 4.38. The predicted molar refractivity (Wildman–Crippen MR) is 84.0 cm³/mol. The molecule has 3 nitrogen and oxygen atoms in total. The Kier molecular flexibility index (Phi) is 4.84. The minimum Gasteiger partial charge on any atom is -0.396 e. The fraction of sp³-hybridized carbons (Fsp3) is 0.647. The molecule has 20 heavy (non-hydrogen) atoms. The van der Waals surface area contributed by atoms with Gasteiger partial charge in [0, 0.05) is 44.2 Å². The number of hydrogen-bond donors (Lipinski definition) is 2. The van der Waals surface area contributed by atoms with Crippen LogP contribution in [0, 0.1) is 19.3 Å². The predicted octanol–water partition coefficient (Wildman–Crippen LogP) is 2.27. The first-order chi connectivity index (χ1) is 9.45. The van der Waals surface area contributed by atoms with Gasteiger partial charge in [0.05, 0.1) is 0 Å². The molecule has 0 unspecified atom stereocenters. The van der Waals surface area contributed by atoms with E-state index in [0.29, 0.717) is 0 Å². The molecule has 2 N–H and O–H groups in total. The Bertz CT molecular complexity index is 450. The van der Waals surface area contributed by atoms with E-state index in [1.165, 1.54) is 16.7 Å². The molecule has 0 aliphatic carbocycles. The first kappa shape index (κ1) is 15.5. The third-order valence-corrected chi connectivity index (χ3v) is 4.38. The van der Waals surface area contributed by atoms with Crippen LogP contribution >= 0.6 is 0 Å². The topological polar surface area (TPSA) is 35.5 Å². The molecule has 1 aliphatic rings. The molecule has 3 heteroatoms. The van der Waals surface area contributed by atoms with Crippen LogP contribution in [-0.4, -0.2) is 42.8 Å². The molecule has 1 heterocycles. The molecule has 1 aromatic rings. The number of nitrogens with one attached hydrogen (secondary N) is 1. The van der Waals surface area contributed by atoms with E-state index in [2.05, 4.69) is 56.1 Å². The Morgan fingerprint density at radius 3 is 2.45 bits per heavy atom. The van der Waals surface area contributed by atoms with Gasteiger partial charge in [0.2, 0.25) is 0 Å². The first-order valence-corrected chi connectivity index (χ1v) is 7.58. The van der Waals surface area contributed by atoms with E-state index in [1.54, 1.807) is 0 Å². The van der Waals surface area contributed by atoms with Crippen molar-refractivity contribution < 1.29 is 5.11 Å². The average Bonchev–Trinajstić information content (AvgIpc) is 2.43. The van der Waals surface area contributed by atoms with Gasteiger partial charge in [0.15, 0.2) is 0 Å². The minimum absolute atomic E-state index is 0.142. The van der Waals surface area contributed by atoms with Gasteiger partial charge in [-0.15, -0.1) is 0 Å². The van der Waals surface area contributed by atoms with E-state index >= 15 is 0 Å². The van der Waals surface area contributed by atoms with Gasteiger partial charge < -0.3 is 10.4 Å². The Morgan fingerprint density at radius 2 is 1.90 bits per heavy atom. The lowest BCUT2D eigenvalue weighted by Gasteiger charge is -2.44. The lowest BCUT2D eigenvalue weighted by atomic mass is 9.78. The molecule has 0 amide bonds. The molecule has 1 saturated heterocycles. The highest BCUT2D eigenvalue weighted by atomic mass is 16.3. The van der Waals surface area contributed by atoms with Gasteiger partial charge >= 0.3 is 0 Å². The molecule has 2 rings (SSSR count). The summed E-state index contributed by atoms with van der Waals surface area (Å²) in [5, 5.41) is 13.3. The van der Waals surface area contributed by atoms with E-state index in [-0.39, 0.29) is 18.1 Å². The Morgan fingerprint density at radius 1 is 1.25 bits per heavy atom. The lowest BCUT2D eigenvalue weighted by molar-refractivity contribution is 0.0302. The van der Waals surface area contributed by atoms with Crippen LogP contribution in [0.1, 0.15) is 36.6 Å². The largest absolute Gasteiger partial charge is 0.396 e. The van der Waals surface area contributed by atoms with Crippen molar-refractivity contribution in [2.45, 2.75) is 33.7 Å². The average molecular weight is 276 g/mol. The van der Waals surface area contributed by atoms with Crippen LogP contribution in [-0.2, 0) is 0 Å². The molecule has 1 fully saturated rings. The standard InChI is InChI=1S/C17H28N2O/c1-13-5-6-15(14(2)11-13)16(17(3,4)12-20)19-9-7-18-8-10-19/h5-6,11,16,18,20H,7-10,12H2,1-4H3/t16-/m0/s1. The van der Waals surface area contributed by atoms with Crippen molar-refractivity contribution in [1.82, 2.24) is 10.2 Å². The molecule has 0 saturated carbocycles. The molecule has 0 aromatic heterocycles. The van der Waals surface area contributed by atoms with Gasteiger partial charge in [-0.05, 0) is 25.0 Å². The number of nitrogens with zero attached hydrogens (tertiary/aromatic N) is 1. The highest BCUT2D eigenvalue weighted by Crippen LogP contribution is 2.39. The molecular weight excluding hydrogens is 248 g/mol. The van der Waals surface area contributed by atoms with Crippen molar-refractivity contribution in [3.05, 3.63) is 34.9 Å². The van der Waals surface area contributed by atoms with Gasteiger partial charge in [-0.2, -0.15) is 0 Å². The van der Waals surface area contributed by atoms with Crippen molar-refractivity contribution in [3.8, 4) is 0 Å². The van der Waals surface area contributed by atoms with E-state index in [4.69, 9.17) is 0 Å². The van der Waals surface area contributed by atoms with Crippen molar-refractivity contribution in [1.29, 1.82) is 0 Å². The number of aliphatic hydroxyl groups excluding tert-OH is 1. The number of benzene rings is 1. The van der Waals surface area contributed by atoms with Gasteiger partial charge in [-0.25, -0.2) is 0 Å². The minimum atomic E-state index is -0.142. The number of aryl methyl sites for hydroxylation is 2. The molecule has 1 aromatic carbocycles. The van der Waals surface area contributed by atoms with Crippen LogP contribution in [0.5, 0.6) is 0 Å². The normalized spacial score (nSPS) is 19.1. The van der Waals surface area contributed by atoms with Crippen molar-refractivity contribution in [2.24, 2.45) is 5.41 Å². The molecular formula is C17H28N2O. The Labute approximate surface area is 123 Å². The summed E-state index contributed by atoms with van der Waals surface area (Å²) < 4.78 is 0. The zero-order valence-electron chi connectivity index (χ0n) is 13.2. The second-order valence-electron chi connectivity index (χ2n) is 6.70. The highest BCUT2D eigenvalue weighted by molar-refractivity contribution is 5.34. The van der Waals surface area contributed by atoms with Crippen LogP contribution in [0.4, 0.5) is 0 Å². The zero-order chi connectivity index (χ0) is 14.8. The Hall–Kier alpha value is -0.900. The Balaban J connectivity index is 2.39. The summed E-state index contributed by atoms with van der Waals surface area (Å²) in [6.07, 6.45) is 0. The van der Waals surface area contributed by atoms with Gasteiger partial charge in [0.1, 0.15) is 0 Å². The molecule has 0 bridgehead atoms. The fourth-order valence-electron chi connectivity index (χ4n) is 3.27. The SMILES string of the molecule is Cc1ccc([C@H](N2CCNCC2)C(C)(C)CO)c(C)c1. The van der Waals surface area contributed by atoms with Crippen LogP contribution in [0.2, 0.25) is 0 Å². The van der Waals surface area contributed by atoms with Crippen LogP contribution < -0.4 is 5.32 Å². The second kappa shape index (κ2) is 6.25. The van der Waals surface area contributed by atoms with Crippen LogP contribution in [0.15, 0.2) is 18.2 Å². The van der Waals surface area contributed by atoms with Crippen LogP contribution in [0.25, 0.3) is 0 Å². The van der Waals surface area contributed by atoms with E-state index in [9.17, 15) is 5.11 Å².